The Bertz CT molecular complexity index is 333. The van der Waals surface area contributed by atoms with Crippen LogP contribution in [0.25, 0.3) is 0 Å². The molecule has 0 spiro atoms. The summed E-state index contributed by atoms with van der Waals surface area (Å²) in [6, 6.07) is 0. The predicted octanol–water partition coefficient (Wildman–Crippen LogP) is -2.54. The molecule has 0 aliphatic heterocycles. The fourth-order valence-electron chi connectivity index (χ4n) is 0.978. The van der Waals surface area contributed by atoms with Gasteiger partial charge in [0.05, 0.1) is 11.3 Å². The van der Waals surface area contributed by atoms with Crippen molar-refractivity contribution >= 4 is 16.0 Å². The van der Waals surface area contributed by atoms with E-state index < -0.39 is 27.3 Å². The van der Waals surface area contributed by atoms with Gasteiger partial charge in [-0.3, -0.25) is 9.35 Å². The second-order valence-electron chi connectivity index (χ2n) is 3.33. The van der Waals surface area contributed by atoms with E-state index in [4.69, 9.17) is 4.55 Å². The third-order valence-corrected chi connectivity index (χ3v) is 2.89. The minimum Gasteiger partial charge on any atom is -1.00 e. The molecule has 15 heavy (non-hydrogen) atoms. The summed E-state index contributed by atoms with van der Waals surface area (Å²) in [6.07, 6.45) is 1.45. The van der Waals surface area contributed by atoms with Crippen LogP contribution in [-0.2, 0) is 14.9 Å². The number of hydrogen-bond donors (Lipinski definition) is 2. The Labute approximate surface area is 134 Å². The monoisotopic (exact) mass is 261 g/mol. The van der Waals surface area contributed by atoms with E-state index in [2.05, 4.69) is 11.9 Å². The maximum atomic E-state index is 11.0. The third kappa shape index (κ3) is 8.55. The van der Waals surface area contributed by atoms with Crippen LogP contribution >= 0.6 is 0 Å². The van der Waals surface area contributed by atoms with Gasteiger partial charge in [-0.2, -0.15) is 8.42 Å². The van der Waals surface area contributed by atoms with Crippen molar-refractivity contribution < 1.29 is 70.6 Å². The normalized spacial score (nSPS) is 14.6. The van der Waals surface area contributed by atoms with Crippen LogP contribution in [-0.4, -0.2) is 30.2 Å². The van der Waals surface area contributed by atoms with Gasteiger partial charge in [0.25, 0.3) is 10.1 Å². The number of hydrogen-bond acceptors (Lipinski definition) is 3. The van der Waals surface area contributed by atoms with Crippen LogP contribution in [0.2, 0.25) is 0 Å². The quantitative estimate of drug-likeness (QED) is 0.324. The number of carbonyl (C=O) groups excluding carboxylic acids is 1. The molecule has 0 fully saturated rings. The van der Waals surface area contributed by atoms with Gasteiger partial charge in [-0.1, -0.05) is 13.5 Å². The molecule has 0 heterocycles. The molecule has 1 amide bonds. The minimum absolute atomic E-state index is 0. The van der Waals surface area contributed by atoms with Crippen molar-refractivity contribution in [3.8, 4) is 0 Å². The molecule has 0 radical (unpaired) electrons. The molecule has 0 saturated carbocycles. The van der Waals surface area contributed by atoms with Crippen LogP contribution in [0.1, 0.15) is 21.7 Å². The first-order chi connectivity index (χ1) is 6.22. The number of carbonyl (C=O) groups is 1. The van der Waals surface area contributed by atoms with Crippen molar-refractivity contribution in [2.45, 2.75) is 25.8 Å². The van der Waals surface area contributed by atoms with Gasteiger partial charge >= 0.3 is 51.4 Å². The van der Waals surface area contributed by atoms with Crippen LogP contribution in [0.5, 0.6) is 0 Å². The van der Waals surface area contributed by atoms with Gasteiger partial charge in [0.1, 0.15) is 0 Å². The van der Waals surface area contributed by atoms with Gasteiger partial charge in [-0.25, -0.2) is 0 Å². The average molecular weight is 261 g/mol. The van der Waals surface area contributed by atoms with Crippen molar-refractivity contribution in [2.75, 3.05) is 5.75 Å². The fourth-order valence-corrected chi connectivity index (χ4v) is 2.06. The summed E-state index contributed by atoms with van der Waals surface area (Å²) in [7, 11) is -4.10. The van der Waals surface area contributed by atoms with E-state index in [-0.39, 0.29) is 52.8 Å². The zero-order valence-electron chi connectivity index (χ0n) is 10.3. The summed E-state index contributed by atoms with van der Waals surface area (Å²) in [4.78, 5) is 11.0. The first-order valence-corrected chi connectivity index (χ1v) is 5.73. The van der Waals surface area contributed by atoms with Crippen LogP contribution in [0.4, 0.5) is 0 Å². The molecule has 7 heteroatoms. The van der Waals surface area contributed by atoms with E-state index in [0.717, 1.165) is 6.08 Å². The van der Waals surface area contributed by atoms with Crippen LogP contribution in [0.15, 0.2) is 12.7 Å². The second kappa shape index (κ2) is 7.15. The summed E-state index contributed by atoms with van der Waals surface area (Å²) < 4.78 is 30.0. The number of nitrogens with one attached hydrogen (secondary N) is 1. The molecule has 0 aromatic rings. The SMILES string of the molecule is C=CC(=O)NC(C)(CC)CS(=O)(=O)O.[H-].[K+]. The van der Waals surface area contributed by atoms with Crippen molar-refractivity contribution in [1.82, 2.24) is 5.32 Å². The Morgan fingerprint density at radius 1 is 1.67 bits per heavy atom. The molecule has 2 N–H and O–H groups in total. The van der Waals surface area contributed by atoms with Crippen LogP contribution in [0.3, 0.4) is 0 Å². The molecule has 1 atom stereocenters. The second-order valence-corrected chi connectivity index (χ2v) is 4.79. The zero-order chi connectivity index (χ0) is 11.4. The van der Waals surface area contributed by atoms with E-state index >= 15 is 0 Å². The maximum Gasteiger partial charge on any atom is 1.00 e. The molecule has 1 unspecified atom stereocenters. The van der Waals surface area contributed by atoms with E-state index in [1.165, 1.54) is 0 Å². The van der Waals surface area contributed by atoms with Gasteiger partial charge in [0.15, 0.2) is 0 Å². The first-order valence-electron chi connectivity index (χ1n) is 4.12. The zero-order valence-corrected chi connectivity index (χ0v) is 13.2. The first kappa shape index (κ1) is 18.1. The van der Waals surface area contributed by atoms with Crippen LogP contribution < -0.4 is 56.7 Å². The molecule has 0 aliphatic rings. The average Bonchev–Trinajstić information content (AvgIpc) is 2.00. The van der Waals surface area contributed by atoms with E-state index in [0.29, 0.717) is 6.42 Å². The molecular formula is C8H16KNO4S. The largest absolute Gasteiger partial charge is 1.00 e. The fraction of sp³-hybridized carbons (Fsp3) is 0.625. The van der Waals surface area contributed by atoms with E-state index in [9.17, 15) is 13.2 Å². The molecular weight excluding hydrogens is 245 g/mol. The Balaban J connectivity index is -0.000000845. The standard InChI is InChI=1S/C8H15NO4S.K.H/c1-4-7(10)9-8(3,5-2)6-14(11,12)13;;/h4H,1,5-6H2,2-3H3,(H,9,10)(H,11,12,13);;/q;+1;-1. The maximum absolute atomic E-state index is 11.0. The molecule has 0 aromatic heterocycles. The molecule has 0 saturated heterocycles. The van der Waals surface area contributed by atoms with Gasteiger partial charge in [-0.15, -0.1) is 0 Å². The molecule has 0 bridgehead atoms. The Kier molecular flexibility index (Phi) is 8.65. The summed E-state index contributed by atoms with van der Waals surface area (Å²) in [5.41, 5.74) is -0.959. The van der Waals surface area contributed by atoms with Crippen molar-refractivity contribution in [3.63, 3.8) is 0 Å². The summed E-state index contributed by atoms with van der Waals surface area (Å²) >= 11 is 0. The minimum atomic E-state index is -4.10. The van der Waals surface area contributed by atoms with Crippen molar-refractivity contribution in [2.24, 2.45) is 0 Å². The Morgan fingerprint density at radius 3 is 2.40 bits per heavy atom. The van der Waals surface area contributed by atoms with E-state index in [1.807, 2.05) is 0 Å². The summed E-state index contributed by atoms with van der Waals surface area (Å²) in [5.74, 6) is -0.964. The smallest absolute Gasteiger partial charge is 1.00 e. The molecule has 0 rings (SSSR count). The van der Waals surface area contributed by atoms with Gasteiger partial charge in [-0.05, 0) is 19.4 Å². The Hall–Kier alpha value is 0.756. The van der Waals surface area contributed by atoms with Gasteiger partial charge in [0.2, 0.25) is 5.91 Å². The van der Waals surface area contributed by atoms with Crippen LogP contribution in [0, 0.1) is 0 Å². The number of rotatable bonds is 5. The Morgan fingerprint density at radius 2 is 2.13 bits per heavy atom. The third-order valence-electron chi connectivity index (χ3n) is 1.89. The van der Waals surface area contributed by atoms with Crippen molar-refractivity contribution in [1.29, 1.82) is 0 Å². The summed E-state index contributed by atoms with van der Waals surface area (Å²) in [6.45, 7) is 6.51. The topological polar surface area (TPSA) is 83.5 Å². The van der Waals surface area contributed by atoms with E-state index in [1.54, 1.807) is 13.8 Å². The molecule has 5 nitrogen and oxygen atoms in total. The predicted molar refractivity (Wildman–Crippen MR) is 54.6 cm³/mol. The summed E-state index contributed by atoms with van der Waals surface area (Å²) in [5, 5.41) is 2.45. The molecule has 84 valence electrons. The van der Waals surface area contributed by atoms with Crippen molar-refractivity contribution in [3.05, 3.63) is 12.7 Å². The molecule has 0 aliphatic carbocycles. The van der Waals surface area contributed by atoms with Gasteiger partial charge in [0, 0.05) is 0 Å². The number of amides is 1. The van der Waals surface area contributed by atoms with Gasteiger partial charge < -0.3 is 6.74 Å². The molecule has 0 aromatic carbocycles.